The first kappa shape index (κ1) is 24.2. The molecular formula is C24H32N6O3S. The number of anilines is 2. The zero-order valence-electron chi connectivity index (χ0n) is 19.6. The van der Waals surface area contributed by atoms with Crippen LogP contribution in [0.25, 0.3) is 11.0 Å². The number of methoxy groups -OCH3 is 1. The smallest absolute Gasteiger partial charge is 0.260 e. The van der Waals surface area contributed by atoms with Crippen LogP contribution in [0.3, 0.4) is 0 Å². The molecule has 3 aromatic rings. The highest BCUT2D eigenvalue weighted by Crippen LogP contribution is 2.33. The Morgan fingerprint density at radius 2 is 2.09 bits per heavy atom. The van der Waals surface area contributed by atoms with Crippen LogP contribution < -0.4 is 14.8 Å². The molecule has 1 fully saturated rings. The number of H-pyrrole nitrogens is 1. The summed E-state index contributed by atoms with van der Waals surface area (Å²) in [5.41, 5.74) is 2.80. The summed E-state index contributed by atoms with van der Waals surface area (Å²) in [6.07, 6.45) is 7.56. The number of hydrogen-bond acceptors (Lipinski definition) is 7. The molecule has 1 atom stereocenters. The van der Waals surface area contributed by atoms with Crippen molar-refractivity contribution in [2.24, 2.45) is 0 Å². The Bertz CT molecular complexity index is 1150. The third-order valence-electron chi connectivity index (χ3n) is 6.53. The molecule has 182 valence electrons. The molecule has 4 heterocycles. The van der Waals surface area contributed by atoms with E-state index in [2.05, 4.69) is 32.2 Å². The lowest BCUT2D eigenvalue weighted by atomic mass is 10.1. The number of aromatic amines is 1. The van der Waals surface area contributed by atoms with Gasteiger partial charge in [0.25, 0.3) is 5.91 Å². The van der Waals surface area contributed by atoms with E-state index >= 15 is 0 Å². The highest BCUT2D eigenvalue weighted by atomic mass is 32.1. The quantitative estimate of drug-likeness (QED) is 0.548. The lowest BCUT2D eigenvalue weighted by Gasteiger charge is -2.29. The Kier molecular flexibility index (Phi) is 7.47. The van der Waals surface area contributed by atoms with Gasteiger partial charge in [-0.25, -0.2) is 9.97 Å². The van der Waals surface area contributed by atoms with Gasteiger partial charge < -0.3 is 29.6 Å². The van der Waals surface area contributed by atoms with Crippen LogP contribution in [0.2, 0.25) is 0 Å². The number of amides is 1. The molecule has 1 aromatic carbocycles. The molecule has 5 rings (SSSR count). The van der Waals surface area contributed by atoms with E-state index in [4.69, 9.17) is 9.47 Å². The van der Waals surface area contributed by atoms with Crippen molar-refractivity contribution in [1.82, 2.24) is 24.8 Å². The van der Waals surface area contributed by atoms with Crippen LogP contribution in [-0.4, -0.2) is 77.1 Å². The topological polar surface area (TPSA) is 95.6 Å². The summed E-state index contributed by atoms with van der Waals surface area (Å²) in [6.45, 7) is 2.60. The van der Waals surface area contributed by atoms with Gasteiger partial charge in [-0.15, -0.1) is 0 Å². The summed E-state index contributed by atoms with van der Waals surface area (Å²) in [5, 5.41) is 4.40. The third kappa shape index (κ3) is 4.92. The molecule has 0 radical (unpaired) electrons. The first-order valence-corrected chi connectivity index (χ1v) is 11.5. The van der Waals surface area contributed by atoms with Gasteiger partial charge in [-0.3, -0.25) is 4.79 Å². The Hall–Kier alpha value is -2.98. The number of aryl methyl sites for hydroxylation is 1. The van der Waals surface area contributed by atoms with Crippen molar-refractivity contribution < 1.29 is 14.3 Å². The molecule has 9 nitrogen and oxygen atoms in total. The summed E-state index contributed by atoms with van der Waals surface area (Å²) in [7, 11) is 3.73. The zero-order valence-corrected chi connectivity index (χ0v) is 20.6. The summed E-state index contributed by atoms with van der Waals surface area (Å²) >= 11 is 0. The van der Waals surface area contributed by atoms with Crippen LogP contribution in [0, 0.1) is 0 Å². The second kappa shape index (κ2) is 10.5. The van der Waals surface area contributed by atoms with Gasteiger partial charge in [-0.2, -0.15) is 13.5 Å². The molecule has 0 saturated carbocycles. The lowest BCUT2D eigenvalue weighted by Crippen LogP contribution is -2.44. The molecule has 2 aromatic heterocycles. The van der Waals surface area contributed by atoms with Gasteiger partial charge in [0.2, 0.25) is 0 Å². The second-order valence-electron chi connectivity index (χ2n) is 8.79. The molecule has 2 N–H and O–H groups in total. The maximum absolute atomic E-state index is 13.0. The third-order valence-corrected chi connectivity index (χ3v) is 6.53. The maximum Gasteiger partial charge on any atom is 0.260 e. The number of carbonyl (C=O) groups excluding carboxylic acids is 1. The van der Waals surface area contributed by atoms with Crippen LogP contribution in [-0.2, 0) is 11.2 Å². The van der Waals surface area contributed by atoms with Gasteiger partial charge in [0.1, 0.15) is 17.8 Å². The largest absolute Gasteiger partial charge is 0.493 e. The van der Waals surface area contributed by atoms with Gasteiger partial charge in [0.05, 0.1) is 12.5 Å². The van der Waals surface area contributed by atoms with E-state index in [-0.39, 0.29) is 32.1 Å². The highest BCUT2D eigenvalue weighted by Gasteiger charge is 2.30. The van der Waals surface area contributed by atoms with Gasteiger partial charge in [0.15, 0.2) is 18.1 Å². The summed E-state index contributed by atoms with van der Waals surface area (Å²) in [5.74, 6) is 1.86. The van der Waals surface area contributed by atoms with Crippen molar-refractivity contribution in [2.45, 2.75) is 31.7 Å². The Labute approximate surface area is 206 Å². The zero-order chi connectivity index (χ0) is 22.8. The Balaban J connectivity index is 0.00000274. The van der Waals surface area contributed by atoms with Crippen molar-refractivity contribution >= 4 is 41.9 Å². The number of fused-ring (bicyclic) bond motifs is 3. The van der Waals surface area contributed by atoms with Crippen molar-refractivity contribution in [3.8, 4) is 11.5 Å². The van der Waals surface area contributed by atoms with Crippen LogP contribution in [0.4, 0.5) is 11.5 Å². The maximum atomic E-state index is 13.0. The SMILES string of the molecule is COc1ccc2cc1OCC(=O)N1CCC[C@H]1CN(C)CCCc1c[nH]c3ncnc(c13)N2.S. The van der Waals surface area contributed by atoms with Gasteiger partial charge in [-0.1, -0.05) is 0 Å². The van der Waals surface area contributed by atoms with E-state index in [1.165, 1.54) is 5.56 Å². The number of ether oxygens (including phenoxy) is 2. The van der Waals surface area contributed by atoms with E-state index in [0.717, 1.165) is 67.9 Å². The molecular weight excluding hydrogens is 452 g/mol. The number of likely N-dealkylation sites (N-methyl/N-ethyl adjacent to an activating group) is 1. The fourth-order valence-electron chi connectivity index (χ4n) is 4.89. The molecule has 34 heavy (non-hydrogen) atoms. The van der Waals surface area contributed by atoms with E-state index in [1.54, 1.807) is 13.4 Å². The van der Waals surface area contributed by atoms with Crippen molar-refractivity contribution in [1.29, 1.82) is 0 Å². The highest BCUT2D eigenvalue weighted by molar-refractivity contribution is 7.59. The van der Waals surface area contributed by atoms with Crippen LogP contribution in [0.15, 0.2) is 30.7 Å². The van der Waals surface area contributed by atoms with E-state index in [0.29, 0.717) is 11.5 Å². The average molecular weight is 485 g/mol. The molecule has 0 spiro atoms. The number of benzene rings is 1. The fourth-order valence-corrected chi connectivity index (χ4v) is 4.89. The summed E-state index contributed by atoms with van der Waals surface area (Å²) in [4.78, 5) is 29.5. The predicted molar refractivity (Wildman–Crippen MR) is 137 cm³/mol. The van der Waals surface area contributed by atoms with Gasteiger partial charge in [0, 0.05) is 37.1 Å². The molecule has 0 unspecified atom stereocenters. The number of rotatable bonds is 1. The number of aromatic nitrogens is 3. The first-order valence-electron chi connectivity index (χ1n) is 11.5. The second-order valence-corrected chi connectivity index (χ2v) is 8.79. The van der Waals surface area contributed by atoms with Crippen LogP contribution in [0.5, 0.6) is 11.5 Å². The minimum atomic E-state index is -0.0141. The molecule has 2 aliphatic heterocycles. The summed E-state index contributed by atoms with van der Waals surface area (Å²) in [6, 6.07) is 5.82. The van der Waals surface area contributed by atoms with E-state index in [1.807, 2.05) is 29.3 Å². The standard InChI is InChI=1S/C24H30N6O3.H2S/c1-29-9-3-5-16-12-25-23-22(16)24(27-15-26-23)28-17-7-8-19(32-2)20(11-17)33-14-21(31)30-10-4-6-18(30)13-29;/h7-8,11-12,15,18H,3-6,9-10,13-14H2,1-2H3,(H2,25,26,27,28);1H2/t18-;/m0./s1. The van der Waals surface area contributed by atoms with Crippen molar-refractivity contribution in [3.05, 3.63) is 36.3 Å². The molecule has 2 bridgehead atoms. The number of nitrogens with one attached hydrogen (secondary N) is 2. The predicted octanol–water partition coefficient (Wildman–Crippen LogP) is 3.07. The molecule has 1 amide bonds. The molecule has 2 aliphatic rings. The Morgan fingerprint density at radius 1 is 1.21 bits per heavy atom. The van der Waals surface area contributed by atoms with Gasteiger partial charge in [-0.05, 0) is 57.0 Å². The Morgan fingerprint density at radius 3 is 2.94 bits per heavy atom. The lowest BCUT2D eigenvalue weighted by molar-refractivity contribution is -0.134. The fraction of sp³-hybridized carbons (Fsp3) is 0.458. The van der Waals surface area contributed by atoms with E-state index < -0.39 is 0 Å². The molecule has 1 saturated heterocycles. The number of carbonyl (C=O) groups is 1. The van der Waals surface area contributed by atoms with E-state index in [9.17, 15) is 4.79 Å². The minimum absolute atomic E-state index is 0. The van der Waals surface area contributed by atoms with Crippen molar-refractivity contribution in [3.63, 3.8) is 0 Å². The molecule has 10 heteroatoms. The number of nitrogens with zero attached hydrogens (tertiary/aromatic N) is 4. The van der Waals surface area contributed by atoms with Crippen LogP contribution in [0.1, 0.15) is 24.8 Å². The van der Waals surface area contributed by atoms with Gasteiger partial charge >= 0.3 is 0 Å². The monoisotopic (exact) mass is 484 g/mol. The average Bonchev–Trinajstić information content (AvgIpc) is 3.45. The number of hydrogen-bond donors (Lipinski definition) is 2. The normalized spacial score (nSPS) is 19.5. The summed E-state index contributed by atoms with van der Waals surface area (Å²) < 4.78 is 11.4. The first-order chi connectivity index (χ1) is 16.1. The minimum Gasteiger partial charge on any atom is -0.493 e. The van der Waals surface area contributed by atoms with Crippen molar-refractivity contribution in [2.75, 3.05) is 45.7 Å². The van der Waals surface area contributed by atoms with Crippen LogP contribution >= 0.6 is 13.5 Å². The molecule has 0 aliphatic carbocycles.